The van der Waals surface area contributed by atoms with E-state index in [-0.39, 0.29) is 6.42 Å². The van der Waals surface area contributed by atoms with Crippen LogP contribution in [0.3, 0.4) is 0 Å². The summed E-state index contributed by atoms with van der Waals surface area (Å²) in [5, 5.41) is 4.32. The first-order valence-corrected chi connectivity index (χ1v) is 7.58. The van der Waals surface area contributed by atoms with E-state index < -0.39 is 24.4 Å². The SMILES string of the molecule is O=C(COC(=O)Cc1ccccc1Cl)NC(=O)c1cccs1. The molecule has 1 N–H and O–H groups in total. The predicted molar refractivity (Wildman–Crippen MR) is 82.9 cm³/mol. The van der Waals surface area contributed by atoms with Crippen molar-refractivity contribution in [3.63, 3.8) is 0 Å². The van der Waals surface area contributed by atoms with Crippen molar-refractivity contribution in [2.75, 3.05) is 6.61 Å². The molecule has 0 saturated heterocycles. The van der Waals surface area contributed by atoms with Crippen LogP contribution in [0.1, 0.15) is 15.2 Å². The average Bonchev–Trinajstić information content (AvgIpc) is 3.02. The van der Waals surface area contributed by atoms with Crippen LogP contribution in [0, 0.1) is 0 Å². The molecular weight excluding hydrogens is 326 g/mol. The fourth-order valence-corrected chi connectivity index (χ4v) is 2.45. The monoisotopic (exact) mass is 337 g/mol. The number of benzene rings is 1. The first-order valence-electron chi connectivity index (χ1n) is 6.33. The third kappa shape index (κ3) is 4.68. The summed E-state index contributed by atoms with van der Waals surface area (Å²) in [4.78, 5) is 35.2. The molecular formula is C15H12ClNO4S. The van der Waals surface area contributed by atoms with Crippen LogP contribution in [0.25, 0.3) is 0 Å². The van der Waals surface area contributed by atoms with E-state index in [1.54, 1.807) is 41.8 Å². The minimum Gasteiger partial charge on any atom is -0.455 e. The van der Waals surface area contributed by atoms with Gasteiger partial charge in [0.1, 0.15) is 0 Å². The highest BCUT2D eigenvalue weighted by Gasteiger charge is 2.14. The Bertz CT molecular complexity index is 685. The number of amides is 2. The summed E-state index contributed by atoms with van der Waals surface area (Å²) in [6.07, 6.45) is -0.0359. The number of hydrogen-bond donors (Lipinski definition) is 1. The van der Waals surface area contributed by atoms with Gasteiger partial charge in [0.2, 0.25) is 0 Å². The molecule has 2 aromatic rings. The number of thiophene rings is 1. The number of ether oxygens (including phenoxy) is 1. The summed E-state index contributed by atoms with van der Waals surface area (Å²) < 4.78 is 4.82. The number of rotatable bonds is 5. The first kappa shape index (κ1) is 16.2. The zero-order chi connectivity index (χ0) is 15.9. The lowest BCUT2D eigenvalue weighted by Gasteiger charge is -2.06. The summed E-state index contributed by atoms with van der Waals surface area (Å²) in [6, 6.07) is 10.2. The van der Waals surface area contributed by atoms with Crippen molar-refractivity contribution < 1.29 is 19.1 Å². The molecule has 1 aromatic carbocycles. The fraction of sp³-hybridized carbons (Fsp3) is 0.133. The van der Waals surface area contributed by atoms with Crippen molar-refractivity contribution in [1.29, 1.82) is 0 Å². The molecule has 0 aliphatic carbocycles. The Hall–Kier alpha value is -2.18. The Morgan fingerprint density at radius 2 is 1.91 bits per heavy atom. The molecule has 1 heterocycles. The molecule has 2 amide bonds. The van der Waals surface area contributed by atoms with E-state index in [1.165, 1.54) is 11.3 Å². The van der Waals surface area contributed by atoms with Crippen LogP contribution in [0.4, 0.5) is 0 Å². The number of carbonyl (C=O) groups excluding carboxylic acids is 3. The number of esters is 1. The van der Waals surface area contributed by atoms with E-state index in [1.807, 2.05) is 0 Å². The zero-order valence-corrected chi connectivity index (χ0v) is 12.9. The van der Waals surface area contributed by atoms with Gasteiger partial charge >= 0.3 is 5.97 Å². The summed E-state index contributed by atoms with van der Waals surface area (Å²) in [7, 11) is 0. The van der Waals surface area contributed by atoms with Crippen molar-refractivity contribution in [3.05, 3.63) is 57.2 Å². The van der Waals surface area contributed by atoms with E-state index >= 15 is 0 Å². The van der Waals surface area contributed by atoms with Gasteiger partial charge in [0.15, 0.2) is 6.61 Å². The second kappa shape index (κ2) is 7.72. The van der Waals surface area contributed by atoms with Gasteiger partial charge in [0.25, 0.3) is 11.8 Å². The number of imide groups is 1. The molecule has 5 nitrogen and oxygen atoms in total. The fourth-order valence-electron chi connectivity index (χ4n) is 1.63. The molecule has 114 valence electrons. The molecule has 0 radical (unpaired) electrons. The Morgan fingerprint density at radius 3 is 2.59 bits per heavy atom. The Balaban J connectivity index is 1.77. The molecule has 0 aliphatic heterocycles. The summed E-state index contributed by atoms with van der Waals surface area (Å²) in [6.45, 7) is -0.513. The van der Waals surface area contributed by atoms with Crippen LogP contribution in [-0.4, -0.2) is 24.4 Å². The number of halogens is 1. The molecule has 1 aromatic heterocycles. The van der Waals surface area contributed by atoms with Crippen LogP contribution >= 0.6 is 22.9 Å². The van der Waals surface area contributed by atoms with Crippen LogP contribution in [0.2, 0.25) is 5.02 Å². The van der Waals surface area contributed by atoms with Crippen molar-refractivity contribution in [1.82, 2.24) is 5.32 Å². The zero-order valence-electron chi connectivity index (χ0n) is 11.4. The van der Waals surface area contributed by atoms with Crippen LogP contribution in [-0.2, 0) is 20.7 Å². The summed E-state index contributed by atoms with van der Waals surface area (Å²) in [5.74, 6) is -1.78. The van der Waals surface area contributed by atoms with Gasteiger partial charge in [-0.05, 0) is 23.1 Å². The van der Waals surface area contributed by atoms with Gasteiger partial charge in [-0.2, -0.15) is 0 Å². The largest absolute Gasteiger partial charge is 0.455 e. The highest BCUT2D eigenvalue weighted by molar-refractivity contribution is 7.12. The summed E-state index contributed by atoms with van der Waals surface area (Å²) in [5.41, 5.74) is 0.615. The van der Waals surface area contributed by atoms with Crippen molar-refractivity contribution in [2.24, 2.45) is 0 Å². The van der Waals surface area contributed by atoms with E-state index in [0.717, 1.165) is 0 Å². The van der Waals surface area contributed by atoms with Crippen molar-refractivity contribution in [2.45, 2.75) is 6.42 Å². The Labute approximate surface area is 135 Å². The second-order valence-electron chi connectivity index (χ2n) is 4.28. The van der Waals surface area contributed by atoms with Gasteiger partial charge in [0, 0.05) is 5.02 Å². The minimum atomic E-state index is -0.675. The maximum atomic E-state index is 11.6. The van der Waals surface area contributed by atoms with E-state index in [9.17, 15) is 14.4 Å². The third-order valence-electron chi connectivity index (χ3n) is 2.65. The molecule has 0 unspecified atom stereocenters. The van der Waals surface area contributed by atoms with E-state index in [0.29, 0.717) is 15.5 Å². The average molecular weight is 338 g/mol. The van der Waals surface area contributed by atoms with E-state index in [2.05, 4.69) is 5.32 Å². The maximum Gasteiger partial charge on any atom is 0.310 e. The van der Waals surface area contributed by atoms with Gasteiger partial charge in [-0.15, -0.1) is 11.3 Å². The second-order valence-corrected chi connectivity index (χ2v) is 5.64. The highest BCUT2D eigenvalue weighted by atomic mass is 35.5. The maximum absolute atomic E-state index is 11.6. The molecule has 2 rings (SSSR count). The third-order valence-corrected chi connectivity index (χ3v) is 3.89. The molecule has 0 atom stereocenters. The van der Waals surface area contributed by atoms with Gasteiger partial charge in [-0.1, -0.05) is 35.9 Å². The van der Waals surface area contributed by atoms with Gasteiger partial charge in [-0.25, -0.2) is 0 Å². The number of nitrogens with one attached hydrogen (secondary N) is 1. The topological polar surface area (TPSA) is 72.5 Å². The Morgan fingerprint density at radius 1 is 1.14 bits per heavy atom. The Kier molecular flexibility index (Phi) is 5.68. The van der Waals surface area contributed by atoms with Gasteiger partial charge < -0.3 is 4.74 Å². The predicted octanol–water partition coefficient (Wildman–Crippen LogP) is 2.44. The highest BCUT2D eigenvalue weighted by Crippen LogP contribution is 2.15. The smallest absolute Gasteiger partial charge is 0.310 e. The van der Waals surface area contributed by atoms with Crippen molar-refractivity contribution >= 4 is 40.7 Å². The molecule has 0 aliphatic rings. The lowest BCUT2D eigenvalue weighted by Crippen LogP contribution is -2.33. The number of carbonyl (C=O) groups is 3. The molecule has 0 fully saturated rings. The lowest BCUT2D eigenvalue weighted by atomic mass is 10.1. The lowest BCUT2D eigenvalue weighted by molar-refractivity contribution is -0.147. The van der Waals surface area contributed by atoms with E-state index in [4.69, 9.17) is 16.3 Å². The van der Waals surface area contributed by atoms with Gasteiger partial charge in [0.05, 0.1) is 11.3 Å². The normalized spacial score (nSPS) is 10.0. The number of hydrogen-bond acceptors (Lipinski definition) is 5. The van der Waals surface area contributed by atoms with Gasteiger partial charge in [-0.3, -0.25) is 19.7 Å². The molecule has 7 heteroatoms. The molecule has 0 saturated carbocycles. The molecule has 22 heavy (non-hydrogen) atoms. The minimum absolute atomic E-state index is 0.0359. The van der Waals surface area contributed by atoms with Crippen LogP contribution in [0.5, 0.6) is 0 Å². The molecule has 0 bridgehead atoms. The molecule has 0 spiro atoms. The van der Waals surface area contributed by atoms with Crippen LogP contribution in [0.15, 0.2) is 41.8 Å². The first-order chi connectivity index (χ1) is 10.6. The van der Waals surface area contributed by atoms with Crippen molar-refractivity contribution in [3.8, 4) is 0 Å². The van der Waals surface area contributed by atoms with Crippen LogP contribution < -0.4 is 5.32 Å². The quantitative estimate of drug-likeness (QED) is 0.851. The standard InChI is InChI=1S/C15H12ClNO4S/c16-11-5-2-1-4-10(11)8-14(19)21-9-13(18)17-15(20)12-6-3-7-22-12/h1-7H,8-9H2,(H,17,18,20). The summed E-state index contributed by atoms with van der Waals surface area (Å²) >= 11 is 7.14.